The highest BCUT2D eigenvalue weighted by atomic mass is 16.4. The molecule has 0 aliphatic heterocycles. The number of nitrogens with zero attached hydrogens (tertiary/aromatic N) is 3. The normalized spacial score (nSPS) is 11.5. The van der Waals surface area contributed by atoms with Gasteiger partial charge in [0.1, 0.15) is 18.2 Å². The molecule has 0 aliphatic rings. The smallest absolute Gasteiger partial charge is 0.435 e. The van der Waals surface area contributed by atoms with E-state index in [1.807, 2.05) is 0 Å². The molecule has 0 radical (unpaired) electrons. The summed E-state index contributed by atoms with van der Waals surface area (Å²) < 4.78 is 0.246. The number of quaternary nitrogens is 1. The molecule has 2 amide bonds. The Balaban J connectivity index is 1.97. The second-order valence-electron chi connectivity index (χ2n) is 6.72. The van der Waals surface area contributed by atoms with Gasteiger partial charge in [0, 0.05) is 17.3 Å². The van der Waals surface area contributed by atoms with Crippen molar-refractivity contribution >= 4 is 28.9 Å². The number of hydrogen-bond acceptors (Lipinski definition) is 5. The molecule has 0 saturated carbocycles. The highest BCUT2D eigenvalue weighted by molar-refractivity contribution is 5.95. The molecule has 3 rings (SSSR count). The van der Waals surface area contributed by atoms with Crippen LogP contribution in [0.4, 0.5) is 4.79 Å². The zero-order valence-electron chi connectivity index (χ0n) is 15.3. The summed E-state index contributed by atoms with van der Waals surface area (Å²) in [5.41, 5.74) is 6.84. The third-order valence-electron chi connectivity index (χ3n) is 4.49. The van der Waals surface area contributed by atoms with Crippen LogP contribution in [-0.4, -0.2) is 56.1 Å². The Kier molecular flexibility index (Phi) is 4.57. The van der Waals surface area contributed by atoms with Gasteiger partial charge in [-0.25, -0.2) is 9.78 Å². The number of carbonyl (C=O) groups excluding carboxylic acids is 1. The lowest BCUT2D eigenvalue weighted by atomic mass is 10.1. The van der Waals surface area contributed by atoms with Crippen LogP contribution in [0, 0.1) is 5.41 Å². The van der Waals surface area contributed by atoms with E-state index >= 15 is 0 Å². The van der Waals surface area contributed by atoms with Gasteiger partial charge in [0.25, 0.3) is 5.56 Å². The van der Waals surface area contributed by atoms with Gasteiger partial charge >= 0.3 is 12.0 Å². The van der Waals surface area contributed by atoms with Crippen LogP contribution in [0.15, 0.2) is 41.3 Å². The third-order valence-corrected chi connectivity index (χ3v) is 4.49. The molecule has 0 atom stereocenters. The molecule has 0 saturated heterocycles. The SMILES string of the molecule is C[N+](C)(C(=O)O)C(=O)Cn1ccc2[nH]c(-c3ccc(C(=N)N)cc3)nc2c1=O. The third kappa shape index (κ3) is 3.28. The predicted octanol–water partition coefficient (Wildman–Crippen LogP) is 0.957. The maximum absolute atomic E-state index is 12.7. The first-order valence-corrected chi connectivity index (χ1v) is 8.26. The van der Waals surface area contributed by atoms with Crippen LogP contribution in [0.5, 0.6) is 0 Å². The number of rotatable bonds is 4. The van der Waals surface area contributed by atoms with Gasteiger partial charge in [0.15, 0.2) is 5.52 Å². The quantitative estimate of drug-likeness (QED) is 0.299. The largest absolute Gasteiger partial charge is 0.520 e. The number of carboxylic acid groups (broad SMARTS) is 1. The number of aromatic nitrogens is 3. The average molecular weight is 383 g/mol. The van der Waals surface area contributed by atoms with Gasteiger partial charge < -0.3 is 15.8 Å². The highest BCUT2D eigenvalue weighted by Gasteiger charge is 2.35. The van der Waals surface area contributed by atoms with E-state index in [0.717, 1.165) is 4.57 Å². The molecule has 3 aromatic rings. The van der Waals surface area contributed by atoms with E-state index in [0.29, 0.717) is 22.5 Å². The lowest BCUT2D eigenvalue weighted by molar-refractivity contribution is -0.738. The molecule has 2 aromatic heterocycles. The minimum atomic E-state index is -1.31. The number of amidine groups is 1. The van der Waals surface area contributed by atoms with Gasteiger partial charge in [-0.1, -0.05) is 24.3 Å². The van der Waals surface area contributed by atoms with E-state index in [9.17, 15) is 14.4 Å². The van der Waals surface area contributed by atoms with E-state index in [4.69, 9.17) is 16.2 Å². The number of hydrogen-bond donors (Lipinski definition) is 4. The number of nitrogens with two attached hydrogens (primary N) is 1. The number of amides is 2. The average Bonchev–Trinajstić information content (AvgIpc) is 3.09. The number of benzene rings is 1. The molecule has 2 heterocycles. The summed E-state index contributed by atoms with van der Waals surface area (Å²) >= 11 is 0. The van der Waals surface area contributed by atoms with Crippen LogP contribution >= 0.6 is 0 Å². The number of nitrogens with one attached hydrogen (secondary N) is 2. The first-order chi connectivity index (χ1) is 13.1. The number of pyridine rings is 1. The van der Waals surface area contributed by atoms with Crippen molar-refractivity contribution < 1.29 is 19.2 Å². The number of imidazole rings is 1. The number of nitrogen functional groups attached to an aromatic ring is 1. The van der Waals surface area contributed by atoms with Crippen molar-refractivity contribution in [3.8, 4) is 11.4 Å². The Bertz CT molecular complexity index is 1160. The Morgan fingerprint density at radius 1 is 1.25 bits per heavy atom. The van der Waals surface area contributed by atoms with Crippen molar-refractivity contribution in [3.63, 3.8) is 0 Å². The standard InChI is InChI=1S/C18H18N6O4/c1-24(2,18(27)28)13(25)9-23-8-7-12-14(17(23)26)22-16(21-12)11-5-3-10(4-6-11)15(19)20/h3-8H,9H2,1-2H3,(H4-,19,20,21,22,26,27,28)/p+1. The Labute approximate surface area is 158 Å². The molecule has 10 nitrogen and oxygen atoms in total. The van der Waals surface area contributed by atoms with Crippen molar-refractivity contribution in [1.29, 1.82) is 5.41 Å². The first-order valence-electron chi connectivity index (χ1n) is 8.26. The topological polar surface area (TPSA) is 155 Å². The number of imide groups is 1. The first kappa shape index (κ1) is 19.0. The summed E-state index contributed by atoms with van der Waals surface area (Å²) in [5.74, 6) is -0.246. The van der Waals surface area contributed by atoms with Crippen LogP contribution in [-0.2, 0) is 11.3 Å². The van der Waals surface area contributed by atoms with Crippen LogP contribution in [0.3, 0.4) is 0 Å². The zero-order valence-corrected chi connectivity index (χ0v) is 15.3. The van der Waals surface area contributed by atoms with Gasteiger partial charge in [-0.15, -0.1) is 0 Å². The van der Waals surface area contributed by atoms with Crippen molar-refractivity contribution in [3.05, 3.63) is 52.4 Å². The monoisotopic (exact) mass is 383 g/mol. The van der Waals surface area contributed by atoms with Crippen molar-refractivity contribution in [2.24, 2.45) is 5.73 Å². The van der Waals surface area contributed by atoms with Gasteiger partial charge in [-0.3, -0.25) is 14.8 Å². The van der Waals surface area contributed by atoms with E-state index in [1.165, 1.54) is 20.3 Å². The summed E-state index contributed by atoms with van der Waals surface area (Å²) in [6, 6.07) is 8.40. The molecule has 10 heteroatoms. The van der Waals surface area contributed by atoms with E-state index in [1.54, 1.807) is 30.3 Å². The minimum absolute atomic E-state index is 0.0496. The second kappa shape index (κ2) is 6.74. The van der Waals surface area contributed by atoms with Crippen LogP contribution in [0.1, 0.15) is 5.56 Å². The molecule has 5 N–H and O–H groups in total. The minimum Gasteiger partial charge on any atom is -0.435 e. The molecule has 28 heavy (non-hydrogen) atoms. The van der Waals surface area contributed by atoms with Crippen LogP contribution in [0.25, 0.3) is 22.4 Å². The molecule has 0 unspecified atom stereocenters. The van der Waals surface area contributed by atoms with Gasteiger partial charge in [-0.2, -0.15) is 9.28 Å². The molecule has 144 valence electrons. The Hall–Kier alpha value is -3.79. The summed E-state index contributed by atoms with van der Waals surface area (Å²) in [4.78, 5) is 43.5. The Morgan fingerprint density at radius 2 is 1.89 bits per heavy atom. The number of H-pyrrole nitrogens is 1. The fourth-order valence-electron chi connectivity index (χ4n) is 2.54. The van der Waals surface area contributed by atoms with Crippen LogP contribution in [0.2, 0.25) is 0 Å². The van der Waals surface area contributed by atoms with Crippen molar-refractivity contribution in [2.45, 2.75) is 6.54 Å². The van der Waals surface area contributed by atoms with Gasteiger partial charge in [0.05, 0.1) is 19.6 Å². The van der Waals surface area contributed by atoms with E-state index in [-0.39, 0.29) is 17.9 Å². The Morgan fingerprint density at radius 3 is 2.46 bits per heavy atom. The number of carbonyl (C=O) groups is 2. The molecule has 0 fully saturated rings. The molecule has 0 bridgehead atoms. The van der Waals surface area contributed by atoms with E-state index in [2.05, 4.69) is 9.97 Å². The molecular weight excluding hydrogens is 364 g/mol. The number of aromatic amines is 1. The second-order valence-corrected chi connectivity index (χ2v) is 6.72. The summed E-state index contributed by atoms with van der Waals surface area (Å²) in [6.45, 7) is -0.385. The molecule has 0 aliphatic carbocycles. The van der Waals surface area contributed by atoms with Crippen molar-refractivity contribution in [1.82, 2.24) is 14.5 Å². The fraction of sp³-hybridized carbons (Fsp3) is 0.167. The predicted molar refractivity (Wildman–Crippen MR) is 102 cm³/mol. The molecule has 1 aromatic carbocycles. The summed E-state index contributed by atoms with van der Waals surface area (Å²) in [6.07, 6.45) is 0.112. The lowest BCUT2D eigenvalue weighted by Gasteiger charge is -2.19. The maximum atomic E-state index is 12.7. The van der Waals surface area contributed by atoms with E-state index < -0.39 is 22.0 Å². The zero-order chi connectivity index (χ0) is 20.6. The van der Waals surface area contributed by atoms with Crippen molar-refractivity contribution in [2.75, 3.05) is 14.1 Å². The fourth-order valence-corrected chi connectivity index (χ4v) is 2.54. The maximum Gasteiger partial charge on any atom is 0.520 e. The lowest BCUT2D eigenvalue weighted by Crippen LogP contribution is -2.51. The van der Waals surface area contributed by atoms with Crippen LogP contribution < -0.4 is 11.3 Å². The van der Waals surface area contributed by atoms with Gasteiger partial charge in [0.2, 0.25) is 0 Å². The molecular formula is C18H19N6O4+. The number of likely N-dealkylation sites (N-methyl/N-ethyl adjacent to an activating group) is 1. The summed E-state index contributed by atoms with van der Waals surface area (Å²) in [5, 5.41) is 16.6. The summed E-state index contributed by atoms with van der Waals surface area (Å²) in [7, 11) is 2.48. The highest BCUT2D eigenvalue weighted by Crippen LogP contribution is 2.19. The van der Waals surface area contributed by atoms with Gasteiger partial charge in [-0.05, 0) is 6.07 Å². The molecule has 0 spiro atoms. The number of fused-ring (bicyclic) bond motifs is 1.